The Bertz CT molecular complexity index is 403. The molecule has 1 aliphatic carbocycles. The minimum Gasteiger partial charge on any atom is -0.542 e. The fourth-order valence-corrected chi connectivity index (χ4v) is 2.96. The van der Waals surface area contributed by atoms with Crippen molar-refractivity contribution in [2.24, 2.45) is 5.92 Å². The smallest absolute Gasteiger partial charge is 0.0405 e. The number of rotatable bonds is 3. The number of hydroxylamine groups is 2. The standard InChI is InChI=1S/C13H16ClN2O.C3H8.Y/c1-9-6-12-8-13(7-9)16(12)17-15-11-4-2-10(14)3-5-11;1-3-2;/h2-5,9,12-13H,6-8H2,1H3;3H2,1-2H3;/q-1;;. The zero-order valence-electron chi connectivity index (χ0n) is 13.1. The van der Waals surface area contributed by atoms with Crippen molar-refractivity contribution in [1.82, 2.24) is 5.06 Å². The van der Waals surface area contributed by atoms with Gasteiger partial charge in [-0.15, -0.1) is 5.69 Å². The molecule has 1 radical (unpaired) electrons. The van der Waals surface area contributed by atoms with Crippen molar-refractivity contribution in [3.8, 4) is 0 Å². The fraction of sp³-hybridized carbons (Fsp3) is 0.625. The van der Waals surface area contributed by atoms with E-state index in [4.69, 9.17) is 16.5 Å². The van der Waals surface area contributed by atoms with Crippen LogP contribution in [0.3, 0.4) is 0 Å². The van der Waals surface area contributed by atoms with Crippen LogP contribution in [-0.2, 0) is 37.6 Å². The molecule has 115 valence electrons. The summed E-state index contributed by atoms with van der Waals surface area (Å²) in [6, 6.07) is 8.51. The van der Waals surface area contributed by atoms with E-state index in [9.17, 15) is 0 Å². The molecule has 1 aromatic rings. The molecule has 21 heavy (non-hydrogen) atoms. The molecule has 0 spiro atoms. The predicted molar refractivity (Wildman–Crippen MR) is 84.0 cm³/mol. The van der Waals surface area contributed by atoms with Crippen LogP contribution in [0.15, 0.2) is 24.3 Å². The van der Waals surface area contributed by atoms with E-state index >= 15 is 0 Å². The fourth-order valence-electron chi connectivity index (χ4n) is 2.84. The molecular formula is C16H24ClN2OY-. The van der Waals surface area contributed by atoms with Crippen LogP contribution in [0.2, 0.25) is 5.02 Å². The first kappa shape index (κ1) is 19.4. The summed E-state index contributed by atoms with van der Waals surface area (Å²) in [7, 11) is 0. The van der Waals surface area contributed by atoms with Gasteiger partial charge < -0.3 is 10.4 Å². The van der Waals surface area contributed by atoms with Crippen molar-refractivity contribution in [2.45, 2.75) is 58.5 Å². The quantitative estimate of drug-likeness (QED) is 0.645. The molecule has 1 saturated carbocycles. The molecule has 3 aliphatic rings. The molecule has 1 aromatic carbocycles. The van der Waals surface area contributed by atoms with E-state index in [1.807, 2.05) is 24.3 Å². The molecule has 2 atom stereocenters. The molecule has 2 heterocycles. The Morgan fingerprint density at radius 3 is 2.19 bits per heavy atom. The Morgan fingerprint density at radius 1 is 1.14 bits per heavy atom. The average molecular weight is 385 g/mol. The minimum absolute atomic E-state index is 0. The van der Waals surface area contributed by atoms with Crippen LogP contribution in [0.1, 0.15) is 46.5 Å². The van der Waals surface area contributed by atoms with Gasteiger partial charge in [0.15, 0.2) is 0 Å². The van der Waals surface area contributed by atoms with Crippen LogP contribution in [0.5, 0.6) is 0 Å². The van der Waals surface area contributed by atoms with Gasteiger partial charge in [0.1, 0.15) is 0 Å². The normalized spacial score (nSPS) is 26.8. The molecular weight excluding hydrogens is 361 g/mol. The van der Waals surface area contributed by atoms with Gasteiger partial charge in [0.25, 0.3) is 0 Å². The zero-order valence-corrected chi connectivity index (χ0v) is 16.7. The van der Waals surface area contributed by atoms with Gasteiger partial charge in [0.2, 0.25) is 0 Å². The maximum absolute atomic E-state index is 5.81. The third kappa shape index (κ3) is 5.47. The Hall–Kier alpha value is 0.334. The van der Waals surface area contributed by atoms with Crippen LogP contribution in [0, 0.1) is 5.92 Å². The van der Waals surface area contributed by atoms with Gasteiger partial charge in [-0.2, -0.15) is 5.06 Å². The zero-order chi connectivity index (χ0) is 14.5. The van der Waals surface area contributed by atoms with Gasteiger partial charge in [-0.1, -0.05) is 50.9 Å². The van der Waals surface area contributed by atoms with Crippen LogP contribution in [0.4, 0.5) is 5.69 Å². The average Bonchev–Trinajstić information content (AvgIpc) is 2.41. The Morgan fingerprint density at radius 2 is 1.67 bits per heavy atom. The molecule has 0 amide bonds. The van der Waals surface area contributed by atoms with Gasteiger partial charge in [-0.05, 0) is 37.3 Å². The number of piperidine rings is 1. The first-order chi connectivity index (χ1) is 9.63. The molecule has 3 nitrogen and oxygen atoms in total. The van der Waals surface area contributed by atoms with E-state index in [2.05, 4.69) is 31.3 Å². The third-order valence-corrected chi connectivity index (χ3v) is 3.93. The van der Waals surface area contributed by atoms with E-state index in [0.29, 0.717) is 12.1 Å². The van der Waals surface area contributed by atoms with Gasteiger partial charge in [-0.25, -0.2) is 0 Å². The first-order valence-corrected chi connectivity index (χ1v) is 7.93. The Kier molecular flexibility index (Phi) is 8.74. The van der Waals surface area contributed by atoms with Gasteiger partial charge in [0.05, 0.1) is 0 Å². The summed E-state index contributed by atoms with van der Waals surface area (Å²) in [6.07, 6.45) is 4.97. The largest absolute Gasteiger partial charge is 0.542 e. The number of hydrogen-bond acceptors (Lipinski definition) is 2. The van der Waals surface area contributed by atoms with E-state index in [-0.39, 0.29) is 32.7 Å². The van der Waals surface area contributed by atoms with Crippen LogP contribution in [0.25, 0.3) is 5.48 Å². The van der Waals surface area contributed by atoms with E-state index in [0.717, 1.165) is 16.6 Å². The van der Waals surface area contributed by atoms with Gasteiger partial charge in [0, 0.05) is 49.8 Å². The molecule has 0 N–H and O–H groups in total. The molecule has 2 saturated heterocycles. The topological polar surface area (TPSA) is 26.6 Å². The van der Waals surface area contributed by atoms with Crippen molar-refractivity contribution in [2.75, 3.05) is 0 Å². The maximum atomic E-state index is 5.81. The second-order valence-corrected chi connectivity index (χ2v) is 6.27. The van der Waals surface area contributed by atoms with Crippen molar-refractivity contribution < 1.29 is 37.6 Å². The van der Waals surface area contributed by atoms with Crippen molar-refractivity contribution >= 4 is 17.3 Å². The number of nitrogens with zero attached hydrogens (tertiary/aromatic N) is 2. The summed E-state index contributed by atoms with van der Waals surface area (Å²) < 4.78 is 0. The van der Waals surface area contributed by atoms with E-state index < -0.39 is 0 Å². The summed E-state index contributed by atoms with van der Waals surface area (Å²) in [6.45, 7) is 6.56. The van der Waals surface area contributed by atoms with Crippen LogP contribution >= 0.6 is 11.6 Å². The number of hydrogen-bond donors (Lipinski definition) is 0. The predicted octanol–water partition coefficient (Wildman–Crippen LogP) is 5.48. The monoisotopic (exact) mass is 384 g/mol. The Balaban J connectivity index is 0.000000510. The summed E-state index contributed by atoms with van der Waals surface area (Å²) in [4.78, 5) is 5.53. The number of fused-ring (bicyclic) bond motifs is 2. The second-order valence-electron chi connectivity index (χ2n) is 5.84. The minimum atomic E-state index is 0. The molecule has 3 fully saturated rings. The molecule has 2 unspecified atom stereocenters. The summed E-state index contributed by atoms with van der Waals surface area (Å²) in [5.41, 5.74) is 4.96. The molecule has 5 heteroatoms. The van der Waals surface area contributed by atoms with E-state index in [1.54, 1.807) is 0 Å². The molecule has 0 aromatic heterocycles. The van der Waals surface area contributed by atoms with Crippen molar-refractivity contribution in [3.63, 3.8) is 0 Å². The maximum Gasteiger partial charge on any atom is 0.0405 e. The van der Waals surface area contributed by atoms with Crippen LogP contribution in [-0.4, -0.2) is 17.1 Å². The van der Waals surface area contributed by atoms with Crippen molar-refractivity contribution in [1.29, 1.82) is 0 Å². The molecule has 4 rings (SSSR count). The summed E-state index contributed by atoms with van der Waals surface area (Å²) in [5.74, 6) is 0.828. The van der Waals surface area contributed by atoms with Gasteiger partial charge >= 0.3 is 0 Å². The SMILES string of the molecule is CC1CC2CC(C1)N2O[N-]c1ccc(Cl)cc1.CCC.[Y]. The van der Waals surface area contributed by atoms with E-state index in [1.165, 1.54) is 25.7 Å². The second kappa shape index (κ2) is 9.47. The summed E-state index contributed by atoms with van der Waals surface area (Å²) in [5, 5.41) is 2.77. The number of halogens is 1. The first-order valence-electron chi connectivity index (χ1n) is 7.56. The summed E-state index contributed by atoms with van der Waals surface area (Å²) >= 11 is 5.81. The Labute approximate surface area is 158 Å². The van der Waals surface area contributed by atoms with Gasteiger partial charge in [-0.3, -0.25) is 0 Å². The molecule has 2 bridgehead atoms. The van der Waals surface area contributed by atoms with Crippen LogP contribution < -0.4 is 0 Å². The third-order valence-electron chi connectivity index (χ3n) is 3.68. The number of benzene rings is 1. The molecule has 2 aliphatic heterocycles. The van der Waals surface area contributed by atoms with Crippen molar-refractivity contribution in [3.05, 3.63) is 34.8 Å².